The van der Waals surface area contributed by atoms with Crippen LogP contribution in [0.25, 0.3) is 0 Å². The first-order chi connectivity index (χ1) is 10.6. The molecule has 0 N–H and O–H groups in total. The van der Waals surface area contributed by atoms with E-state index in [1.165, 1.54) is 19.3 Å². The molecule has 0 unspecified atom stereocenters. The lowest BCUT2D eigenvalue weighted by molar-refractivity contribution is 0.00603. The van der Waals surface area contributed by atoms with Crippen LogP contribution in [0.2, 0.25) is 0 Å². The molecule has 2 aliphatic carbocycles. The van der Waals surface area contributed by atoms with Crippen molar-refractivity contribution in [2.45, 2.75) is 77.2 Å². The summed E-state index contributed by atoms with van der Waals surface area (Å²) in [4.78, 5) is 0. The maximum Gasteiger partial charge on any atom is 0.301 e. The Hall–Kier alpha value is -0.510. The topological polar surface area (TPSA) is 9.23 Å². The van der Waals surface area contributed by atoms with Gasteiger partial charge in [-0.2, -0.15) is 8.78 Å². The minimum atomic E-state index is -2.12. The van der Waals surface area contributed by atoms with Gasteiger partial charge in [-0.05, 0) is 69.6 Å². The van der Waals surface area contributed by atoms with E-state index < -0.39 is 17.8 Å². The summed E-state index contributed by atoms with van der Waals surface area (Å²) in [7, 11) is 0. The minimum Gasteiger partial charge on any atom is -0.378 e. The number of hydrogen-bond donors (Lipinski definition) is 0. The van der Waals surface area contributed by atoms with Crippen molar-refractivity contribution in [3.63, 3.8) is 0 Å². The number of rotatable bonds is 6. The minimum absolute atomic E-state index is 0.417. The van der Waals surface area contributed by atoms with Crippen molar-refractivity contribution in [1.82, 2.24) is 0 Å². The van der Waals surface area contributed by atoms with Gasteiger partial charge in [0.05, 0.1) is 6.10 Å². The van der Waals surface area contributed by atoms with Crippen LogP contribution in [0.5, 0.6) is 0 Å². The summed E-state index contributed by atoms with van der Waals surface area (Å²) in [6, 6.07) is 0. The van der Waals surface area contributed by atoms with E-state index in [-0.39, 0.29) is 0 Å². The van der Waals surface area contributed by atoms with Gasteiger partial charge < -0.3 is 4.74 Å². The van der Waals surface area contributed by atoms with Crippen LogP contribution in [0.3, 0.4) is 0 Å². The molecule has 0 aromatic heterocycles. The van der Waals surface area contributed by atoms with Crippen molar-refractivity contribution in [2.24, 2.45) is 17.8 Å². The lowest BCUT2D eigenvalue weighted by Crippen LogP contribution is -2.29. The summed E-state index contributed by atoms with van der Waals surface area (Å²) in [6.45, 7) is 3.04. The van der Waals surface area contributed by atoms with Gasteiger partial charge in [-0.1, -0.05) is 13.3 Å². The van der Waals surface area contributed by atoms with Crippen molar-refractivity contribution in [1.29, 1.82) is 0 Å². The molecule has 2 rings (SSSR count). The van der Waals surface area contributed by atoms with Gasteiger partial charge >= 0.3 is 6.08 Å². The van der Waals surface area contributed by atoms with Crippen molar-refractivity contribution in [3.8, 4) is 0 Å². The molecular weight excluding hydrogens is 289 g/mol. The zero-order valence-corrected chi connectivity index (χ0v) is 13.6. The van der Waals surface area contributed by atoms with Crippen molar-refractivity contribution >= 4 is 0 Å². The van der Waals surface area contributed by atoms with E-state index in [9.17, 15) is 13.2 Å². The predicted molar refractivity (Wildman–Crippen MR) is 82.4 cm³/mol. The molecule has 0 bridgehead atoms. The Kier molecular flexibility index (Phi) is 7.26. The highest BCUT2D eigenvalue weighted by Gasteiger charge is 2.33. The zero-order valence-electron chi connectivity index (χ0n) is 13.6. The largest absolute Gasteiger partial charge is 0.378 e. The zero-order chi connectivity index (χ0) is 15.9. The van der Waals surface area contributed by atoms with Gasteiger partial charge in [-0.15, -0.1) is 0 Å². The summed E-state index contributed by atoms with van der Waals surface area (Å²) in [6.07, 6.45) is 8.19. The van der Waals surface area contributed by atoms with E-state index in [1.54, 1.807) is 0 Å². The fraction of sp³-hybridized carbons (Fsp3) is 0.889. The lowest BCUT2D eigenvalue weighted by atomic mass is 9.70. The maximum atomic E-state index is 13.3. The molecule has 2 saturated carbocycles. The Morgan fingerprint density at radius 2 is 1.41 bits per heavy atom. The van der Waals surface area contributed by atoms with Gasteiger partial charge in [0.25, 0.3) is 0 Å². The average molecular weight is 318 g/mol. The van der Waals surface area contributed by atoms with Crippen LogP contribution >= 0.6 is 0 Å². The molecule has 1 nitrogen and oxygen atoms in total. The Bertz CT molecular complexity index is 349. The highest BCUT2D eigenvalue weighted by atomic mass is 19.3. The quantitative estimate of drug-likeness (QED) is 0.526. The van der Waals surface area contributed by atoms with Crippen LogP contribution in [0.1, 0.15) is 71.1 Å². The summed E-state index contributed by atoms with van der Waals surface area (Å²) in [5, 5.41) is 0. The van der Waals surface area contributed by atoms with E-state index in [0.717, 1.165) is 38.7 Å². The first-order valence-electron chi connectivity index (χ1n) is 8.94. The van der Waals surface area contributed by atoms with E-state index in [4.69, 9.17) is 4.74 Å². The molecule has 0 radical (unpaired) electrons. The van der Waals surface area contributed by atoms with Gasteiger partial charge in [-0.3, -0.25) is 0 Å². The third-order valence-corrected chi connectivity index (χ3v) is 5.55. The highest BCUT2D eigenvalue weighted by molar-refractivity contribution is 5.00. The molecule has 0 saturated heterocycles. The standard InChI is InChI=1S/C18H29F3O/c1-2-3-12-22-16-10-8-14(9-11-16)13-4-6-15(7-5-13)17(19)18(20)21/h13-16H,2-12H2,1H3. The molecule has 0 spiro atoms. The maximum absolute atomic E-state index is 13.3. The van der Waals surface area contributed by atoms with Crippen LogP contribution < -0.4 is 0 Å². The molecule has 0 atom stereocenters. The summed E-state index contributed by atoms with van der Waals surface area (Å²) >= 11 is 0. The van der Waals surface area contributed by atoms with Crippen molar-refractivity contribution in [3.05, 3.63) is 11.9 Å². The van der Waals surface area contributed by atoms with Gasteiger partial charge in [-0.25, -0.2) is 4.39 Å². The fourth-order valence-electron chi connectivity index (χ4n) is 4.12. The number of hydrogen-bond acceptors (Lipinski definition) is 1. The highest BCUT2D eigenvalue weighted by Crippen LogP contribution is 2.43. The average Bonchev–Trinajstić information content (AvgIpc) is 2.55. The first-order valence-corrected chi connectivity index (χ1v) is 8.94. The fourth-order valence-corrected chi connectivity index (χ4v) is 4.12. The first kappa shape index (κ1) is 17.8. The SMILES string of the molecule is CCCCOC1CCC(C2CCC(C(F)=C(F)F)CC2)CC1. The molecule has 2 aliphatic rings. The van der Waals surface area contributed by atoms with Crippen LogP contribution in [0, 0.1) is 17.8 Å². The molecule has 0 aromatic rings. The molecule has 128 valence electrons. The molecule has 0 aliphatic heterocycles. The van der Waals surface area contributed by atoms with Gasteiger partial charge in [0.15, 0.2) is 5.83 Å². The summed E-state index contributed by atoms with van der Waals surface area (Å²) < 4.78 is 43.8. The van der Waals surface area contributed by atoms with Gasteiger partial charge in [0.1, 0.15) is 0 Å². The normalized spacial score (nSPS) is 32.7. The Morgan fingerprint density at radius 1 is 0.864 bits per heavy atom. The third-order valence-electron chi connectivity index (χ3n) is 5.55. The second-order valence-corrected chi connectivity index (χ2v) is 6.98. The summed E-state index contributed by atoms with van der Waals surface area (Å²) in [5.41, 5.74) is 0. The van der Waals surface area contributed by atoms with Crippen LogP contribution in [-0.4, -0.2) is 12.7 Å². The number of ether oxygens (including phenoxy) is 1. The molecular formula is C18H29F3O. The summed E-state index contributed by atoms with van der Waals surface area (Å²) in [5.74, 6) is -0.404. The third kappa shape index (κ3) is 5.00. The van der Waals surface area contributed by atoms with E-state index in [0.29, 0.717) is 30.8 Å². The van der Waals surface area contributed by atoms with Gasteiger partial charge in [0.2, 0.25) is 0 Å². The molecule has 2 fully saturated rings. The number of allylic oxidation sites excluding steroid dienone is 1. The molecule has 22 heavy (non-hydrogen) atoms. The predicted octanol–water partition coefficient (Wildman–Crippen LogP) is 6.25. The van der Waals surface area contributed by atoms with E-state index >= 15 is 0 Å². The van der Waals surface area contributed by atoms with Gasteiger partial charge in [0, 0.05) is 12.5 Å². The Labute approximate surface area is 132 Å². The monoisotopic (exact) mass is 318 g/mol. The second kappa shape index (κ2) is 8.95. The Balaban J connectivity index is 1.69. The number of unbranched alkanes of at least 4 members (excludes halogenated alkanes) is 1. The molecule has 0 heterocycles. The lowest BCUT2D eigenvalue weighted by Gasteiger charge is -2.37. The van der Waals surface area contributed by atoms with Crippen LogP contribution in [0.4, 0.5) is 13.2 Å². The second-order valence-electron chi connectivity index (χ2n) is 6.98. The molecule has 0 aromatic carbocycles. The van der Waals surface area contributed by atoms with E-state index in [1.807, 2.05) is 0 Å². The molecule has 0 amide bonds. The van der Waals surface area contributed by atoms with Crippen molar-refractivity contribution < 1.29 is 17.9 Å². The number of halogens is 3. The van der Waals surface area contributed by atoms with Crippen LogP contribution in [0.15, 0.2) is 11.9 Å². The van der Waals surface area contributed by atoms with Crippen LogP contribution in [-0.2, 0) is 4.74 Å². The molecule has 4 heteroatoms. The Morgan fingerprint density at radius 3 is 1.91 bits per heavy atom. The van der Waals surface area contributed by atoms with Crippen molar-refractivity contribution in [2.75, 3.05) is 6.61 Å². The smallest absolute Gasteiger partial charge is 0.301 e. The van der Waals surface area contributed by atoms with E-state index in [2.05, 4.69) is 6.92 Å².